The van der Waals surface area contributed by atoms with E-state index in [1.54, 1.807) is 32.0 Å². The summed E-state index contributed by atoms with van der Waals surface area (Å²) < 4.78 is 40.4. The number of rotatable bonds is 7. The third-order valence-corrected chi connectivity index (χ3v) is 5.82. The normalized spacial score (nSPS) is 11.4. The van der Waals surface area contributed by atoms with Crippen LogP contribution in [0, 0.1) is 6.92 Å². The molecule has 0 bridgehead atoms. The summed E-state index contributed by atoms with van der Waals surface area (Å²) in [4.78, 5) is 31.0. The monoisotopic (exact) mass is 611 g/mol. The molecule has 4 aromatic rings. The van der Waals surface area contributed by atoms with Gasteiger partial charge in [-0.05, 0) is 55.0 Å². The largest absolute Gasteiger partial charge is 0.455 e. The van der Waals surface area contributed by atoms with Crippen molar-refractivity contribution in [3.63, 3.8) is 0 Å². The molecule has 11 nitrogen and oxygen atoms in total. The topological polar surface area (TPSA) is 133 Å². The van der Waals surface area contributed by atoms with Crippen LogP contribution < -0.4 is 10.6 Å². The van der Waals surface area contributed by atoms with Crippen molar-refractivity contribution in [1.29, 1.82) is 0 Å². The number of hydrogen-bond donors (Lipinski definition) is 2. The summed E-state index contributed by atoms with van der Waals surface area (Å²) >= 11 is 9.64. The predicted molar refractivity (Wildman–Crippen MR) is 133 cm³/mol. The number of aromatic nitrogens is 7. The van der Waals surface area contributed by atoms with E-state index in [-0.39, 0.29) is 40.0 Å². The highest BCUT2D eigenvalue weighted by atomic mass is 79.9. The lowest BCUT2D eigenvalue weighted by molar-refractivity contribution is -0.145. The summed E-state index contributed by atoms with van der Waals surface area (Å²) in [5.74, 6) is -2.38. The Kier molecular flexibility index (Phi) is 7.78. The van der Waals surface area contributed by atoms with E-state index < -0.39 is 23.8 Å². The van der Waals surface area contributed by atoms with Crippen LogP contribution in [0.2, 0.25) is 5.02 Å². The van der Waals surface area contributed by atoms with E-state index in [4.69, 9.17) is 11.6 Å². The summed E-state index contributed by atoms with van der Waals surface area (Å²) in [6, 6.07) is 7.74. The van der Waals surface area contributed by atoms with Gasteiger partial charge in [0.05, 0.1) is 22.0 Å². The fourth-order valence-corrected chi connectivity index (χ4v) is 4.23. The molecular formula is C22H18BrClF3N9O2. The molecule has 0 atom stereocenters. The highest BCUT2D eigenvalue weighted by Gasteiger charge is 2.37. The van der Waals surface area contributed by atoms with Crippen molar-refractivity contribution >= 4 is 45.0 Å². The molecular weight excluding hydrogens is 595 g/mol. The standard InChI is InChI=1S/C22H18BrClF3N9O2/c1-3-28-19(37)14-8-12(23)7-11(2)17(14)30-20(38)16-9-13(10-35-33-21(31-34-35)22(25,26)27)32-36(16)18-15(24)5-4-6-29-18/h4-9H,3,10H2,1-2H3,(H,28,37)(H,30,38). The molecule has 0 saturated carbocycles. The number of carbonyl (C=O) groups is 2. The maximum atomic E-state index is 13.5. The van der Waals surface area contributed by atoms with Gasteiger partial charge >= 0.3 is 6.18 Å². The van der Waals surface area contributed by atoms with Gasteiger partial charge in [0.1, 0.15) is 12.2 Å². The number of pyridine rings is 1. The van der Waals surface area contributed by atoms with E-state index in [0.717, 1.165) is 4.68 Å². The van der Waals surface area contributed by atoms with E-state index in [0.29, 0.717) is 21.4 Å². The second kappa shape index (κ2) is 10.9. The highest BCUT2D eigenvalue weighted by Crippen LogP contribution is 2.28. The second-order valence-electron chi connectivity index (χ2n) is 7.84. The number of halogens is 5. The number of tetrazole rings is 1. The predicted octanol–water partition coefficient (Wildman–Crippen LogP) is 4.05. The van der Waals surface area contributed by atoms with Crippen LogP contribution in [0.15, 0.2) is 41.0 Å². The zero-order valence-electron chi connectivity index (χ0n) is 19.7. The lowest BCUT2D eigenvalue weighted by Crippen LogP contribution is -2.26. The number of aryl methyl sites for hydroxylation is 1. The minimum atomic E-state index is -4.77. The SMILES string of the molecule is CCNC(=O)c1cc(Br)cc(C)c1NC(=O)c1cc(Cn2nnc(C(F)(F)F)n2)nn1-c1ncccc1Cl. The van der Waals surface area contributed by atoms with Gasteiger partial charge < -0.3 is 10.6 Å². The van der Waals surface area contributed by atoms with Crippen LogP contribution in [0.25, 0.3) is 5.82 Å². The van der Waals surface area contributed by atoms with Crippen molar-refractivity contribution in [2.45, 2.75) is 26.6 Å². The molecule has 38 heavy (non-hydrogen) atoms. The van der Waals surface area contributed by atoms with Crippen molar-refractivity contribution < 1.29 is 22.8 Å². The number of hydrogen-bond acceptors (Lipinski definition) is 7. The minimum Gasteiger partial charge on any atom is -0.352 e. The van der Waals surface area contributed by atoms with E-state index in [1.165, 1.54) is 18.3 Å². The highest BCUT2D eigenvalue weighted by molar-refractivity contribution is 9.10. The molecule has 0 aliphatic carbocycles. The number of nitrogens with one attached hydrogen (secondary N) is 2. The van der Waals surface area contributed by atoms with E-state index in [1.807, 2.05) is 0 Å². The molecule has 0 saturated heterocycles. The molecule has 0 radical (unpaired) electrons. The summed E-state index contributed by atoms with van der Waals surface area (Å²) in [7, 11) is 0. The Hall–Kier alpha value is -3.85. The Morgan fingerprint density at radius 2 is 1.92 bits per heavy atom. The molecule has 3 aromatic heterocycles. The number of carbonyl (C=O) groups excluding carboxylic acids is 2. The summed E-state index contributed by atoms with van der Waals surface area (Å²) in [6.45, 7) is 3.52. The fraction of sp³-hybridized carbons (Fsp3) is 0.227. The molecule has 2 N–H and O–H groups in total. The fourth-order valence-electron chi connectivity index (χ4n) is 3.45. The van der Waals surface area contributed by atoms with Gasteiger partial charge in [-0.2, -0.15) is 23.1 Å². The Bertz CT molecular complexity index is 1520. The Balaban J connectivity index is 1.74. The Labute approximate surface area is 226 Å². The average molecular weight is 613 g/mol. The zero-order chi connectivity index (χ0) is 27.6. The lowest BCUT2D eigenvalue weighted by Gasteiger charge is -2.15. The molecule has 0 aliphatic heterocycles. The van der Waals surface area contributed by atoms with Crippen LogP contribution in [0.3, 0.4) is 0 Å². The van der Waals surface area contributed by atoms with Crippen LogP contribution in [-0.4, -0.2) is 53.3 Å². The van der Waals surface area contributed by atoms with Gasteiger partial charge in [-0.25, -0.2) is 9.67 Å². The minimum absolute atomic E-state index is 0.0547. The number of anilines is 1. The Morgan fingerprint density at radius 1 is 1.16 bits per heavy atom. The lowest BCUT2D eigenvalue weighted by atomic mass is 10.1. The van der Waals surface area contributed by atoms with E-state index in [2.05, 4.69) is 52.1 Å². The van der Waals surface area contributed by atoms with Crippen molar-refractivity contribution in [2.24, 2.45) is 0 Å². The summed E-state index contributed by atoms with van der Waals surface area (Å²) in [5, 5.41) is 19.6. The molecule has 2 amide bonds. The first-order chi connectivity index (χ1) is 18.0. The maximum Gasteiger partial charge on any atom is 0.455 e. The van der Waals surface area contributed by atoms with Gasteiger partial charge in [0, 0.05) is 17.2 Å². The smallest absolute Gasteiger partial charge is 0.352 e. The first-order valence-corrected chi connectivity index (χ1v) is 12.1. The van der Waals surface area contributed by atoms with E-state index in [9.17, 15) is 22.8 Å². The van der Waals surface area contributed by atoms with Gasteiger partial charge in [0.25, 0.3) is 17.6 Å². The summed E-state index contributed by atoms with van der Waals surface area (Å²) in [5.41, 5.74) is 1.15. The molecule has 16 heteroatoms. The van der Waals surface area contributed by atoms with E-state index >= 15 is 0 Å². The van der Waals surface area contributed by atoms with Gasteiger partial charge in [-0.15, -0.1) is 10.2 Å². The van der Waals surface area contributed by atoms with Gasteiger partial charge in [-0.1, -0.05) is 27.5 Å². The number of benzene rings is 1. The van der Waals surface area contributed by atoms with Crippen molar-refractivity contribution in [2.75, 3.05) is 11.9 Å². The van der Waals surface area contributed by atoms with Gasteiger partial charge in [0.2, 0.25) is 0 Å². The molecule has 0 aliphatic rings. The first-order valence-electron chi connectivity index (χ1n) is 10.9. The maximum absolute atomic E-state index is 13.5. The second-order valence-corrected chi connectivity index (χ2v) is 9.16. The number of alkyl halides is 3. The van der Waals surface area contributed by atoms with Crippen molar-refractivity contribution in [3.05, 3.63) is 74.4 Å². The third kappa shape index (κ3) is 5.83. The number of nitrogens with zero attached hydrogens (tertiary/aromatic N) is 7. The van der Waals surface area contributed by atoms with Crippen molar-refractivity contribution in [3.8, 4) is 5.82 Å². The zero-order valence-corrected chi connectivity index (χ0v) is 22.1. The average Bonchev–Trinajstić information content (AvgIpc) is 3.49. The molecule has 4 rings (SSSR count). The Morgan fingerprint density at radius 3 is 2.58 bits per heavy atom. The molecule has 0 spiro atoms. The molecule has 3 heterocycles. The van der Waals surface area contributed by atoms with Crippen LogP contribution in [0.4, 0.5) is 18.9 Å². The third-order valence-electron chi connectivity index (χ3n) is 5.06. The van der Waals surface area contributed by atoms with Gasteiger partial charge in [-0.3, -0.25) is 9.59 Å². The molecule has 1 aromatic carbocycles. The summed E-state index contributed by atoms with van der Waals surface area (Å²) in [6.07, 6.45) is -3.33. The van der Waals surface area contributed by atoms with Gasteiger partial charge in [0.15, 0.2) is 5.82 Å². The number of amides is 2. The van der Waals surface area contributed by atoms with Crippen LogP contribution in [0.5, 0.6) is 0 Å². The van der Waals surface area contributed by atoms with Crippen LogP contribution >= 0.6 is 27.5 Å². The van der Waals surface area contributed by atoms with Crippen LogP contribution in [-0.2, 0) is 12.7 Å². The molecule has 0 fully saturated rings. The van der Waals surface area contributed by atoms with Crippen LogP contribution in [0.1, 0.15) is 44.9 Å². The first kappa shape index (κ1) is 27.2. The molecule has 0 unspecified atom stereocenters. The quantitative estimate of drug-likeness (QED) is 0.322. The molecule has 198 valence electrons. The van der Waals surface area contributed by atoms with Crippen molar-refractivity contribution in [1.82, 2.24) is 40.3 Å².